The van der Waals surface area contributed by atoms with Crippen LogP contribution in [0.4, 0.5) is 49.0 Å². The number of alkyl halides is 2. The van der Waals surface area contributed by atoms with E-state index >= 15 is 0 Å². The van der Waals surface area contributed by atoms with E-state index in [0.29, 0.717) is 47.7 Å². The van der Waals surface area contributed by atoms with Crippen LogP contribution in [0, 0.1) is 17.3 Å². The summed E-state index contributed by atoms with van der Waals surface area (Å²) in [4.78, 5) is 48.3. The molecular weight excluding hydrogens is 927 g/mol. The van der Waals surface area contributed by atoms with Gasteiger partial charge in [-0.3, -0.25) is 9.59 Å². The lowest BCUT2D eigenvalue weighted by Gasteiger charge is -2.66. The fourth-order valence-electron chi connectivity index (χ4n) is 11.4. The molecule has 2 aromatic carbocycles. The topological polar surface area (TPSA) is 242 Å². The van der Waals surface area contributed by atoms with E-state index in [9.17, 15) is 28.6 Å². The maximum Gasteiger partial charge on any atom is 0.255 e. The lowest BCUT2D eigenvalue weighted by Crippen LogP contribution is -2.72. The molecule has 19 heteroatoms. The number of aliphatic hydroxyl groups is 2. The molecule has 0 saturated heterocycles. The Bertz CT molecular complexity index is 3000. The van der Waals surface area contributed by atoms with Crippen molar-refractivity contribution in [3.8, 4) is 0 Å². The number of pyridine rings is 3. The number of fused-ring (bicyclic) bond motifs is 2. The highest BCUT2D eigenvalue weighted by molar-refractivity contribution is 7.16. The zero-order valence-corrected chi connectivity index (χ0v) is 41.1. The Balaban J connectivity index is 0.969. The molecule has 11 rings (SSSR count). The molecule has 6 aromatic rings. The first-order valence-corrected chi connectivity index (χ1v) is 25.2. The summed E-state index contributed by atoms with van der Waals surface area (Å²) < 4.78 is 30.7. The van der Waals surface area contributed by atoms with E-state index in [2.05, 4.69) is 52.5 Å². The number of nitrogens with one attached hydrogen (secondary N) is 5. The van der Waals surface area contributed by atoms with Gasteiger partial charge >= 0.3 is 0 Å². The summed E-state index contributed by atoms with van der Waals surface area (Å²) in [6.45, 7) is 5.21. The molecule has 71 heavy (non-hydrogen) atoms. The third-order valence-electron chi connectivity index (χ3n) is 14.9. The van der Waals surface area contributed by atoms with Gasteiger partial charge in [-0.15, -0.1) is 11.3 Å². The number of anilines is 7. The molecular formula is C52H62F2N12O4S. The molecule has 4 heterocycles. The van der Waals surface area contributed by atoms with Crippen LogP contribution in [0.25, 0.3) is 21.1 Å². The van der Waals surface area contributed by atoms with Crippen molar-refractivity contribution in [2.75, 3.05) is 46.2 Å². The SMILES string of the molecule is CC(C)(O)C(F)CNC(=O)c1cnc(Nc2ccc3ncsc3c2)cc1NCC12CC3CC(C1)C(N(c1ccc4nc(N)ccc4c1)c1cc(NC4CC4)c(C(=O)NCC(F)C(C)(C)O)cn1)C(N)(C3)C2. The van der Waals surface area contributed by atoms with Crippen molar-refractivity contribution in [1.29, 1.82) is 0 Å². The average molecular weight is 989 g/mol. The van der Waals surface area contributed by atoms with Gasteiger partial charge in [0, 0.05) is 59.4 Å². The first-order chi connectivity index (χ1) is 33.7. The Morgan fingerprint density at radius 1 is 0.859 bits per heavy atom. The summed E-state index contributed by atoms with van der Waals surface area (Å²) in [5.41, 5.74) is 16.4. The smallest absolute Gasteiger partial charge is 0.255 e. The Morgan fingerprint density at radius 2 is 1.56 bits per heavy atom. The molecule has 5 saturated carbocycles. The van der Waals surface area contributed by atoms with Crippen molar-refractivity contribution in [2.24, 2.45) is 23.0 Å². The summed E-state index contributed by atoms with van der Waals surface area (Å²) in [7, 11) is 0. The molecule has 5 fully saturated rings. The highest BCUT2D eigenvalue weighted by atomic mass is 32.1. The molecule has 7 atom stereocenters. The summed E-state index contributed by atoms with van der Waals surface area (Å²) in [6, 6.07) is 19.2. The van der Waals surface area contributed by atoms with Crippen molar-refractivity contribution >= 4 is 84.5 Å². The Hall–Kier alpha value is -6.28. The number of nitrogen functional groups attached to an aromatic ring is 1. The molecule has 7 unspecified atom stereocenters. The van der Waals surface area contributed by atoms with E-state index in [1.54, 1.807) is 17.6 Å². The van der Waals surface area contributed by atoms with Crippen molar-refractivity contribution in [2.45, 2.75) is 114 Å². The molecule has 4 aromatic heterocycles. The van der Waals surface area contributed by atoms with Gasteiger partial charge in [-0.1, -0.05) is 0 Å². The van der Waals surface area contributed by atoms with Crippen LogP contribution >= 0.6 is 11.3 Å². The molecule has 5 aliphatic carbocycles. The second-order valence-electron chi connectivity index (χ2n) is 21.6. The third kappa shape index (κ3) is 10.1. The van der Waals surface area contributed by atoms with Crippen molar-refractivity contribution in [3.63, 3.8) is 0 Å². The second-order valence-corrected chi connectivity index (χ2v) is 22.5. The van der Waals surface area contributed by atoms with Crippen LogP contribution in [-0.4, -0.2) is 103 Å². The fourth-order valence-corrected chi connectivity index (χ4v) is 12.1. The lowest BCUT2D eigenvalue weighted by atomic mass is 9.45. The molecule has 0 spiro atoms. The van der Waals surface area contributed by atoms with Gasteiger partial charge in [0.05, 0.1) is 74.1 Å². The number of carbonyl (C=O) groups excluding carboxylic acids is 2. The molecule has 11 N–H and O–H groups in total. The molecule has 16 nitrogen and oxygen atoms in total. The van der Waals surface area contributed by atoms with Crippen molar-refractivity contribution in [3.05, 3.63) is 89.7 Å². The van der Waals surface area contributed by atoms with Crippen LogP contribution in [0.3, 0.4) is 0 Å². The zero-order chi connectivity index (χ0) is 50.0. The molecule has 4 bridgehead atoms. The van der Waals surface area contributed by atoms with E-state index in [1.807, 2.05) is 42.5 Å². The van der Waals surface area contributed by atoms with Gasteiger partial charge < -0.3 is 53.2 Å². The van der Waals surface area contributed by atoms with E-state index in [-0.39, 0.29) is 47.6 Å². The van der Waals surface area contributed by atoms with Gasteiger partial charge in [-0.2, -0.15) is 0 Å². The molecule has 374 valence electrons. The summed E-state index contributed by atoms with van der Waals surface area (Å²) in [5.74, 6) is 0.938. The number of aromatic nitrogens is 4. The van der Waals surface area contributed by atoms with Gasteiger partial charge in [0.25, 0.3) is 11.8 Å². The van der Waals surface area contributed by atoms with Crippen LogP contribution in [0.2, 0.25) is 0 Å². The normalized spacial score (nSPS) is 23.6. The number of nitrogens with two attached hydrogens (primary N) is 2. The van der Waals surface area contributed by atoms with Crippen LogP contribution in [-0.2, 0) is 0 Å². The number of benzene rings is 2. The molecule has 0 radical (unpaired) electrons. The number of carbonyl (C=O) groups is 2. The highest BCUT2D eigenvalue weighted by Gasteiger charge is 2.63. The van der Waals surface area contributed by atoms with E-state index in [0.717, 1.165) is 71.0 Å². The van der Waals surface area contributed by atoms with Gasteiger partial charge in [0.2, 0.25) is 0 Å². The van der Waals surface area contributed by atoms with Gasteiger partial charge in [0.15, 0.2) is 0 Å². The monoisotopic (exact) mass is 988 g/mol. The lowest BCUT2D eigenvalue weighted by molar-refractivity contribution is -0.0739. The number of rotatable bonds is 18. The predicted molar refractivity (Wildman–Crippen MR) is 275 cm³/mol. The highest BCUT2D eigenvalue weighted by Crippen LogP contribution is 2.63. The fraction of sp³-hybridized carbons (Fsp3) is 0.462. The van der Waals surface area contributed by atoms with E-state index in [1.165, 1.54) is 51.4 Å². The van der Waals surface area contributed by atoms with Crippen LogP contribution in [0.15, 0.2) is 78.6 Å². The van der Waals surface area contributed by atoms with E-state index < -0.39 is 40.9 Å². The van der Waals surface area contributed by atoms with Crippen molar-refractivity contribution in [1.82, 2.24) is 30.6 Å². The number of halogens is 2. The van der Waals surface area contributed by atoms with Gasteiger partial charge in [-0.05, 0) is 138 Å². The van der Waals surface area contributed by atoms with Gasteiger partial charge in [0.1, 0.15) is 29.8 Å². The minimum absolute atomic E-state index is 0.110. The number of thiazole rings is 1. The summed E-state index contributed by atoms with van der Waals surface area (Å²) in [5, 5.41) is 37.3. The number of nitrogens with zero attached hydrogens (tertiary/aromatic N) is 5. The Labute approximate surface area is 414 Å². The minimum atomic E-state index is -1.70. The van der Waals surface area contributed by atoms with Crippen LogP contribution < -0.4 is 43.0 Å². The minimum Gasteiger partial charge on any atom is -0.387 e. The first-order valence-electron chi connectivity index (χ1n) is 24.4. The average Bonchev–Trinajstić information content (AvgIpc) is 4.01. The van der Waals surface area contributed by atoms with E-state index in [4.69, 9.17) is 16.5 Å². The maximum absolute atomic E-state index is 14.9. The number of amides is 2. The third-order valence-corrected chi connectivity index (χ3v) is 15.6. The molecule has 2 amide bonds. The first kappa shape index (κ1) is 48.4. The Kier molecular flexibility index (Phi) is 12.5. The number of hydrogen-bond acceptors (Lipinski definition) is 15. The summed E-state index contributed by atoms with van der Waals surface area (Å²) >= 11 is 1.53. The molecule has 0 aliphatic heterocycles. The van der Waals surface area contributed by atoms with Crippen molar-refractivity contribution < 1.29 is 28.6 Å². The predicted octanol–water partition coefficient (Wildman–Crippen LogP) is 7.74. The van der Waals surface area contributed by atoms with Crippen LogP contribution in [0.1, 0.15) is 93.4 Å². The second kappa shape index (κ2) is 18.4. The number of hydrogen-bond donors (Lipinski definition) is 9. The quantitative estimate of drug-likeness (QED) is 0.0400. The van der Waals surface area contributed by atoms with Crippen LogP contribution in [0.5, 0.6) is 0 Å². The Morgan fingerprint density at radius 3 is 2.27 bits per heavy atom. The zero-order valence-electron chi connectivity index (χ0n) is 40.3. The standard InChI is InChI=1S/C52H62F2N12O4S/c1-49(2,69)41(53)23-59-47(67)34-21-57-44(64-32-8-10-37-40(15-32)71-27-62-37)16-38(34)61-26-51-18-28-13-30(20-51)46(52(56,19-28)25-51)66(33-9-11-36-29(14-33)5-12-43(55)65-36)45-17-39(63-31-6-7-31)35(22-58-45)48(68)60-24-42(54)50(3,4)70/h5,8-12,14-17,21-22,27-28,30-31,41-42,46,69-70H,6-7,13,18-20,23-26,56H2,1-4H3,(H2,55,65)(H,58,63)(H,59,67)(H,60,68)(H2,57,61,64). The summed E-state index contributed by atoms with van der Waals surface area (Å²) in [6.07, 6.45) is 5.67. The molecule has 5 aliphatic rings. The van der Waals surface area contributed by atoms with Gasteiger partial charge in [-0.25, -0.2) is 28.7 Å². The maximum atomic E-state index is 14.9. The largest absolute Gasteiger partial charge is 0.387 e.